The van der Waals surface area contributed by atoms with Gasteiger partial charge in [0.1, 0.15) is 0 Å². The van der Waals surface area contributed by atoms with Gasteiger partial charge in [0.05, 0.1) is 0 Å². The van der Waals surface area contributed by atoms with Gasteiger partial charge < -0.3 is 5.73 Å². The summed E-state index contributed by atoms with van der Waals surface area (Å²) >= 11 is 3.53. The van der Waals surface area contributed by atoms with E-state index in [9.17, 15) is 0 Å². The second-order valence-electron chi connectivity index (χ2n) is 4.24. The van der Waals surface area contributed by atoms with E-state index in [1.165, 1.54) is 11.1 Å². The summed E-state index contributed by atoms with van der Waals surface area (Å²) in [4.78, 5) is 0. The summed E-state index contributed by atoms with van der Waals surface area (Å²) < 4.78 is 1.15. The Bertz CT molecular complexity index is 312. The Hall–Kier alpha value is -0.0500. The third-order valence-corrected chi connectivity index (χ3v) is 3.20. The predicted octanol–water partition coefficient (Wildman–Crippen LogP) is 4.23. The van der Waals surface area contributed by atoms with E-state index in [0.29, 0.717) is 5.92 Å². The van der Waals surface area contributed by atoms with Crippen LogP contribution in [0, 0.1) is 12.8 Å². The van der Waals surface area contributed by atoms with Gasteiger partial charge in [-0.05, 0) is 36.5 Å². The normalized spacial score (nSPS) is 12.4. The summed E-state index contributed by atoms with van der Waals surface area (Å²) in [5.41, 5.74) is 8.57. The molecule has 0 heterocycles. The molecular weight excluding hydrogens is 273 g/mol. The second kappa shape index (κ2) is 6.51. The molecule has 86 valence electrons. The maximum Gasteiger partial charge on any atom is 0.0297 e. The van der Waals surface area contributed by atoms with Crippen LogP contribution in [0.15, 0.2) is 22.7 Å². The lowest BCUT2D eigenvalue weighted by molar-refractivity contribution is 0.510. The first-order valence-electron chi connectivity index (χ1n) is 5.02. The Morgan fingerprint density at radius 3 is 2.40 bits per heavy atom. The molecule has 0 radical (unpaired) electrons. The molecule has 0 saturated carbocycles. The summed E-state index contributed by atoms with van der Waals surface area (Å²) in [6.45, 7) is 6.48. The minimum absolute atomic E-state index is 0. The zero-order chi connectivity index (χ0) is 10.7. The summed E-state index contributed by atoms with van der Waals surface area (Å²) in [5, 5.41) is 0. The third-order valence-electron chi connectivity index (χ3n) is 2.35. The number of halogens is 2. The fourth-order valence-corrected chi connectivity index (χ4v) is 1.88. The fraction of sp³-hybridized carbons (Fsp3) is 0.500. The van der Waals surface area contributed by atoms with Crippen molar-refractivity contribution in [1.29, 1.82) is 0 Å². The van der Waals surface area contributed by atoms with Gasteiger partial charge in [-0.3, -0.25) is 0 Å². The van der Waals surface area contributed by atoms with E-state index in [0.717, 1.165) is 10.9 Å². The van der Waals surface area contributed by atoms with Crippen molar-refractivity contribution in [3.63, 3.8) is 0 Å². The zero-order valence-corrected chi connectivity index (χ0v) is 11.9. The smallest absolute Gasteiger partial charge is 0.0297 e. The molecule has 0 aliphatic carbocycles. The fourth-order valence-electron chi connectivity index (χ4n) is 1.48. The monoisotopic (exact) mass is 291 g/mol. The lowest BCUT2D eigenvalue weighted by atomic mass is 9.97. The topological polar surface area (TPSA) is 26.0 Å². The van der Waals surface area contributed by atoms with Crippen molar-refractivity contribution in [3.05, 3.63) is 33.8 Å². The molecule has 1 nitrogen and oxygen atoms in total. The molecule has 0 saturated heterocycles. The highest BCUT2D eigenvalue weighted by atomic mass is 79.9. The number of rotatable bonds is 3. The van der Waals surface area contributed by atoms with E-state index >= 15 is 0 Å². The number of nitrogens with two attached hydrogens (primary N) is 1. The van der Waals surface area contributed by atoms with Gasteiger partial charge in [-0.2, -0.15) is 0 Å². The van der Waals surface area contributed by atoms with Crippen LogP contribution < -0.4 is 5.73 Å². The maximum absolute atomic E-state index is 6.09. The Labute approximate surface area is 107 Å². The molecule has 0 fully saturated rings. The van der Waals surface area contributed by atoms with E-state index in [1.807, 2.05) is 0 Å². The van der Waals surface area contributed by atoms with Gasteiger partial charge in [-0.1, -0.05) is 41.9 Å². The summed E-state index contributed by atoms with van der Waals surface area (Å²) in [5.74, 6) is 0.644. The minimum Gasteiger partial charge on any atom is -0.324 e. The van der Waals surface area contributed by atoms with Crippen LogP contribution in [-0.4, -0.2) is 0 Å². The van der Waals surface area contributed by atoms with Gasteiger partial charge in [-0.15, -0.1) is 12.4 Å². The SMILES string of the molecule is Cc1ccc([C@H](N)CC(C)C)cc1Br.Cl. The van der Waals surface area contributed by atoms with Crippen LogP contribution in [-0.2, 0) is 0 Å². The van der Waals surface area contributed by atoms with Crippen molar-refractivity contribution in [2.75, 3.05) is 0 Å². The van der Waals surface area contributed by atoms with Gasteiger partial charge >= 0.3 is 0 Å². The van der Waals surface area contributed by atoms with Crippen LogP contribution in [0.2, 0.25) is 0 Å². The summed E-state index contributed by atoms with van der Waals surface area (Å²) in [6, 6.07) is 6.52. The van der Waals surface area contributed by atoms with Crippen molar-refractivity contribution in [3.8, 4) is 0 Å². The van der Waals surface area contributed by atoms with Crippen LogP contribution in [0.5, 0.6) is 0 Å². The van der Waals surface area contributed by atoms with E-state index in [2.05, 4.69) is 54.9 Å². The molecule has 1 rings (SSSR count). The molecule has 0 aliphatic rings. The molecule has 0 spiro atoms. The first-order chi connectivity index (χ1) is 6.50. The van der Waals surface area contributed by atoms with Crippen molar-refractivity contribution in [1.82, 2.24) is 0 Å². The average Bonchev–Trinajstić information content (AvgIpc) is 2.08. The standard InChI is InChI=1S/C12H18BrN.ClH/c1-8(2)6-12(14)10-5-4-9(3)11(13)7-10;/h4-5,7-8,12H,6,14H2,1-3H3;1H/t12-;/m1./s1. The Balaban J connectivity index is 0.00000196. The van der Waals surface area contributed by atoms with Gasteiger partial charge in [0, 0.05) is 10.5 Å². The number of aryl methyl sites for hydroxylation is 1. The number of hydrogen-bond acceptors (Lipinski definition) is 1. The van der Waals surface area contributed by atoms with Crippen LogP contribution in [0.1, 0.15) is 37.4 Å². The summed E-state index contributed by atoms with van der Waals surface area (Å²) in [6.07, 6.45) is 1.04. The molecule has 0 aliphatic heterocycles. The molecule has 1 atom stereocenters. The molecule has 0 bridgehead atoms. The summed E-state index contributed by atoms with van der Waals surface area (Å²) in [7, 11) is 0. The lowest BCUT2D eigenvalue weighted by Crippen LogP contribution is -2.12. The van der Waals surface area contributed by atoms with E-state index in [1.54, 1.807) is 0 Å². The molecule has 15 heavy (non-hydrogen) atoms. The predicted molar refractivity (Wildman–Crippen MR) is 72.5 cm³/mol. The van der Waals surface area contributed by atoms with E-state index in [4.69, 9.17) is 5.73 Å². The first kappa shape index (κ1) is 14.9. The number of benzene rings is 1. The molecule has 1 aromatic carbocycles. The van der Waals surface area contributed by atoms with Crippen LogP contribution in [0.4, 0.5) is 0 Å². The second-order valence-corrected chi connectivity index (χ2v) is 5.10. The van der Waals surface area contributed by atoms with E-state index < -0.39 is 0 Å². The van der Waals surface area contributed by atoms with Gasteiger partial charge in [0.2, 0.25) is 0 Å². The van der Waals surface area contributed by atoms with Crippen LogP contribution >= 0.6 is 28.3 Å². The van der Waals surface area contributed by atoms with Gasteiger partial charge in [0.15, 0.2) is 0 Å². The molecule has 0 amide bonds. The molecule has 0 aromatic heterocycles. The third kappa shape index (κ3) is 4.54. The van der Waals surface area contributed by atoms with Crippen LogP contribution in [0.25, 0.3) is 0 Å². The molecule has 1 aromatic rings. The Morgan fingerprint density at radius 1 is 1.33 bits per heavy atom. The van der Waals surface area contributed by atoms with Crippen molar-refractivity contribution < 1.29 is 0 Å². The maximum atomic E-state index is 6.09. The minimum atomic E-state index is 0. The van der Waals surface area contributed by atoms with Crippen molar-refractivity contribution >= 4 is 28.3 Å². The van der Waals surface area contributed by atoms with Crippen LogP contribution in [0.3, 0.4) is 0 Å². The highest BCUT2D eigenvalue weighted by Gasteiger charge is 2.08. The van der Waals surface area contributed by atoms with E-state index in [-0.39, 0.29) is 18.4 Å². The Morgan fingerprint density at radius 2 is 1.93 bits per heavy atom. The molecule has 2 N–H and O–H groups in total. The van der Waals surface area contributed by atoms with Gasteiger partial charge in [0.25, 0.3) is 0 Å². The van der Waals surface area contributed by atoms with Crippen molar-refractivity contribution in [2.24, 2.45) is 11.7 Å². The molecule has 0 unspecified atom stereocenters. The average molecular weight is 293 g/mol. The largest absolute Gasteiger partial charge is 0.324 e. The zero-order valence-electron chi connectivity index (χ0n) is 9.46. The van der Waals surface area contributed by atoms with Crippen molar-refractivity contribution in [2.45, 2.75) is 33.2 Å². The quantitative estimate of drug-likeness (QED) is 0.886. The lowest BCUT2D eigenvalue weighted by Gasteiger charge is -2.15. The highest BCUT2D eigenvalue weighted by molar-refractivity contribution is 9.10. The van der Waals surface area contributed by atoms with Gasteiger partial charge in [-0.25, -0.2) is 0 Å². The first-order valence-corrected chi connectivity index (χ1v) is 5.81. The Kier molecular flexibility index (Phi) is 6.49. The highest BCUT2D eigenvalue weighted by Crippen LogP contribution is 2.24. The molecular formula is C12H19BrClN. The number of hydrogen-bond donors (Lipinski definition) is 1. The molecule has 3 heteroatoms.